The zero-order valence-electron chi connectivity index (χ0n) is 14.0. The van der Waals surface area contributed by atoms with Gasteiger partial charge in [0, 0.05) is 0 Å². The average molecular weight is 604 g/mol. The predicted octanol–water partition coefficient (Wildman–Crippen LogP) is 7.94. The molecule has 0 aliphatic heterocycles. The van der Waals surface area contributed by atoms with Crippen LogP contribution in [0.1, 0.15) is 0 Å². The fraction of sp³-hybridized carbons (Fsp3) is 0. The number of hydrogen-bond donors (Lipinski definition) is 0. The Kier molecular flexibility index (Phi) is 5.34. The first kappa shape index (κ1) is 19.6. The van der Waals surface area contributed by atoms with Gasteiger partial charge in [-0.3, -0.25) is 0 Å². The molecule has 0 bridgehead atoms. The van der Waals surface area contributed by atoms with Crippen molar-refractivity contribution in [3.05, 3.63) is 91.1 Å². The van der Waals surface area contributed by atoms with E-state index in [1.54, 1.807) is 0 Å². The van der Waals surface area contributed by atoms with E-state index in [4.69, 9.17) is 0 Å². The molecule has 6 heteroatoms. The quantitative estimate of drug-likeness (QED) is 0.0730. The summed E-state index contributed by atoms with van der Waals surface area (Å²) in [5.74, 6) is -5.39. The molecule has 0 heterocycles. The van der Waals surface area contributed by atoms with Crippen LogP contribution in [0.3, 0.4) is 0 Å². The zero-order chi connectivity index (χ0) is 20.0. The van der Waals surface area contributed by atoms with E-state index in [0.717, 1.165) is 0 Å². The smallest absolute Gasteiger partial charge is 0.176 e. The van der Waals surface area contributed by atoms with Gasteiger partial charge >= 0.3 is 0 Å². The van der Waals surface area contributed by atoms with Crippen molar-refractivity contribution in [2.75, 3.05) is 0 Å². The van der Waals surface area contributed by atoms with Crippen LogP contribution >= 0.6 is 45.2 Å². The molecule has 4 aromatic carbocycles. The summed E-state index contributed by atoms with van der Waals surface area (Å²) >= 11 is 2.41. The third-order valence-corrected chi connectivity index (χ3v) is 6.46. The molecule has 0 N–H and O–H groups in total. The van der Waals surface area contributed by atoms with Crippen molar-refractivity contribution in [1.82, 2.24) is 0 Å². The van der Waals surface area contributed by atoms with E-state index >= 15 is 0 Å². The second-order valence-electron chi connectivity index (χ2n) is 6.14. The van der Waals surface area contributed by atoms with E-state index in [0.29, 0.717) is 0 Å². The third kappa shape index (κ3) is 3.10. The first-order valence-electron chi connectivity index (χ1n) is 8.20. The Labute approximate surface area is 185 Å². The van der Waals surface area contributed by atoms with Gasteiger partial charge in [0.2, 0.25) is 0 Å². The first-order chi connectivity index (χ1) is 13.4. The number of fused-ring (bicyclic) bond motifs is 3. The lowest BCUT2D eigenvalue weighted by molar-refractivity contribution is 0.437. The number of hydrogen-bond acceptors (Lipinski definition) is 0. The Balaban J connectivity index is 0.000000145. The molecule has 1 aliphatic rings. The molecule has 0 atom stereocenters. The molecule has 140 valence electrons. The highest BCUT2D eigenvalue weighted by molar-refractivity contribution is 14.1. The van der Waals surface area contributed by atoms with E-state index in [1.807, 2.05) is 0 Å². The van der Waals surface area contributed by atoms with Crippen LogP contribution < -0.4 is 0 Å². The van der Waals surface area contributed by atoms with Crippen LogP contribution in [0.5, 0.6) is 0 Å². The lowest BCUT2D eigenvalue weighted by Crippen LogP contribution is -2.02. The second-order valence-corrected chi connectivity index (χ2v) is 8.30. The van der Waals surface area contributed by atoms with E-state index < -0.39 is 30.4 Å². The summed E-state index contributed by atoms with van der Waals surface area (Å²) in [6, 6.07) is 21.8. The normalized spacial score (nSPS) is 11.2. The topological polar surface area (TPSA) is 0 Å². The lowest BCUT2D eigenvalue weighted by atomic mass is 10.0. The Morgan fingerprint density at radius 2 is 0.821 bits per heavy atom. The van der Waals surface area contributed by atoms with E-state index in [2.05, 4.69) is 60.7 Å². The Hall–Kier alpha value is -1.68. The SMILES string of the molecule is Fc1c(F)c(I)c(F)c(F)c1I.c1ccc2c(c1)-c1cccc3cccc-2c13. The van der Waals surface area contributed by atoms with Crippen LogP contribution in [0.2, 0.25) is 0 Å². The van der Waals surface area contributed by atoms with Gasteiger partial charge in [-0.15, -0.1) is 0 Å². The maximum Gasteiger partial charge on any atom is 0.176 e. The second kappa shape index (κ2) is 7.62. The minimum absolute atomic E-state index is 0.664. The third-order valence-electron chi connectivity index (χ3n) is 4.57. The van der Waals surface area contributed by atoms with Gasteiger partial charge < -0.3 is 0 Å². The molecule has 4 aromatic rings. The minimum atomic E-state index is -1.35. The highest BCUT2D eigenvalue weighted by Gasteiger charge is 2.22. The van der Waals surface area contributed by atoms with Crippen molar-refractivity contribution in [3.63, 3.8) is 0 Å². The van der Waals surface area contributed by atoms with Crippen LogP contribution in [-0.4, -0.2) is 0 Å². The van der Waals surface area contributed by atoms with Crippen molar-refractivity contribution >= 4 is 56.0 Å². The molecule has 0 saturated carbocycles. The molecule has 0 aromatic heterocycles. The van der Waals surface area contributed by atoms with Crippen LogP contribution in [0.4, 0.5) is 17.6 Å². The summed E-state index contributed by atoms with van der Waals surface area (Å²) in [5, 5.41) is 2.75. The van der Waals surface area contributed by atoms with Gasteiger partial charge in [0.1, 0.15) is 0 Å². The van der Waals surface area contributed by atoms with Gasteiger partial charge in [-0.1, -0.05) is 60.7 Å². The van der Waals surface area contributed by atoms with Gasteiger partial charge in [0.15, 0.2) is 23.3 Å². The largest absolute Gasteiger partial charge is 0.202 e. The molecular weight excluding hydrogens is 594 g/mol. The Morgan fingerprint density at radius 3 is 1.21 bits per heavy atom. The van der Waals surface area contributed by atoms with Crippen molar-refractivity contribution in [2.24, 2.45) is 0 Å². The summed E-state index contributed by atoms with van der Waals surface area (Å²) in [6.07, 6.45) is 0. The van der Waals surface area contributed by atoms with Crippen molar-refractivity contribution in [3.8, 4) is 22.3 Å². The molecule has 0 amide bonds. The molecule has 0 saturated heterocycles. The predicted molar refractivity (Wildman–Crippen MR) is 120 cm³/mol. The molecular formula is C22H10F4I2. The van der Waals surface area contributed by atoms with Gasteiger partial charge in [-0.05, 0) is 78.2 Å². The van der Waals surface area contributed by atoms with E-state index in [1.165, 1.54) is 78.2 Å². The van der Waals surface area contributed by atoms with Crippen molar-refractivity contribution in [2.45, 2.75) is 0 Å². The molecule has 0 radical (unpaired) electrons. The molecule has 28 heavy (non-hydrogen) atoms. The number of halogens is 6. The molecule has 0 fully saturated rings. The van der Waals surface area contributed by atoms with Crippen LogP contribution in [0, 0.1) is 30.4 Å². The fourth-order valence-electron chi connectivity index (χ4n) is 3.32. The summed E-state index contributed by atoms with van der Waals surface area (Å²) < 4.78 is 49.2. The van der Waals surface area contributed by atoms with E-state index in [-0.39, 0.29) is 0 Å². The highest BCUT2D eigenvalue weighted by atomic mass is 127. The molecule has 0 nitrogen and oxygen atoms in total. The standard InChI is InChI=1S/C16H10.C6F4I2/c1-2-8-13-12(7-1)14-9-3-5-11-6-4-10-15(13)16(11)14;7-1-2(8)6(12)4(10)3(9)5(1)11/h1-10H;. The van der Waals surface area contributed by atoms with Gasteiger partial charge in [0.05, 0.1) is 7.14 Å². The van der Waals surface area contributed by atoms with Gasteiger partial charge in [-0.2, -0.15) is 0 Å². The molecule has 1 aliphatic carbocycles. The minimum Gasteiger partial charge on any atom is -0.202 e. The zero-order valence-corrected chi connectivity index (χ0v) is 18.4. The maximum absolute atomic E-state index is 12.6. The van der Waals surface area contributed by atoms with Crippen LogP contribution in [0.15, 0.2) is 60.7 Å². The average Bonchev–Trinajstić information content (AvgIpc) is 3.06. The number of rotatable bonds is 0. The summed E-state index contributed by atoms with van der Waals surface area (Å²) in [5.41, 5.74) is 5.50. The van der Waals surface area contributed by atoms with E-state index in [9.17, 15) is 17.6 Å². The monoisotopic (exact) mass is 604 g/mol. The molecule has 0 spiro atoms. The molecule has 5 rings (SSSR count). The Morgan fingerprint density at radius 1 is 0.464 bits per heavy atom. The van der Waals surface area contributed by atoms with Crippen molar-refractivity contribution in [1.29, 1.82) is 0 Å². The van der Waals surface area contributed by atoms with Crippen LogP contribution in [-0.2, 0) is 0 Å². The summed E-state index contributed by atoms with van der Waals surface area (Å²) in [6.45, 7) is 0. The maximum atomic E-state index is 12.6. The number of benzene rings is 4. The first-order valence-corrected chi connectivity index (χ1v) is 10.4. The van der Waals surface area contributed by atoms with Crippen LogP contribution in [0.25, 0.3) is 33.0 Å². The fourth-order valence-corrected chi connectivity index (χ4v) is 4.27. The summed E-state index contributed by atoms with van der Waals surface area (Å²) in [7, 11) is 0. The van der Waals surface area contributed by atoms with Crippen molar-refractivity contribution < 1.29 is 17.6 Å². The lowest BCUT2D eigenvalue weighted by Gasteiger charge is -2.02. The summed E-state index contributed by atoms with van der Waals surface area (Å²) in [4.78, 5) is 0. The Bertz CT molecular complexity index is 1070. The van der Waals surface area contributed by atoms with Gasteiger partial charge in [0.25, 0.3) is 0 Å². The highest BCUT2D eigenvalue weighted by Crippen LogP contribution is 2.46. The molecule has 0 unspecified atom stereocenters. The van der Waals surface area contributed by atoms with Gasteiger partial charge in [-0.25, -0.2) is 17.6 Å².